The van der Waals surface area contributed by atoms with E-state index < -0.39 is 11.5 Å². The SMILES string of the molecule is O=C(O)c1ccc(C2(NC(=O)c3cc(-c4ccc(F)cc4)cc4ccn(Cc5cc(Cl)cc(Cl)c5)c34)CC2)cc1. The number of aromatic carboxylic acids is 1. The average Bonchev–Trinajstić information content (AvgIpc) is 3.60. The van der Waals surface area contributed by atoms with Crippen LogP contribution in [-0.4, -0.2) is 21.6 Å². The molecule has 0 saturated heterocycles. The highest BCUT2D eigenvalue weighted by Gasteiger charge is 2.46. The standard InChI is InChI=1S/C32H23Cl2FN2O3/c33-25-13-19(14-26(34)17-25)18-37-12-9-22-15-23(20-3-7-27(35)8-4-20)16-28(29(22)37)30(38)36-32(10-11-32)24-5-1-21(2-6-24)31(39)40/h1-9,12-17H,10-11,18H2,(H,36,38)(H,39,40). The molecule has 40 heavy (non-hydrogen) atoms. The van der Waals surface area contributed by atoms with Crippen molar-refractivity contribution in [2.45, 2.75) is 24.9 Å². The molecule has 0 bridgehead atoms. The van der Waals surface area contributed by atoms with Crippen molar-refractivity contribution < 1.29 is 19.1 Å². The van der Waals surface area contributed by atoms with Crippen LogP contribution in [0.1, 0.15) is 44.7 Å². The number of halogens is 3. The van der Waals surface area contributed by atoms with Gasteiger partial charge >= 0.3 is 5.97 Å². The van der Waals surface area contributed by atoms with E-state index in [0.29, 0.717) is 22.2 Å². The van der Waals surface area contributed by atoms with Gasteiger partial charge in [0.15, 0.2) is 0 Å². The number of nitrogens with one attached hydrogen (secondary N) is 1. The number of benzene rings is 4. The second kappa shape index (κ2) is 10.1. The third kappa shape index (κ3) is 5.08. The summed E-state index contributed by atoms with van der Waals surface area (Å²) in [5, 5.41) is 14.4. The summed E-state index contributed by atoms with van der Waals surface area (Å²) in [4.78, 5) is 25.3. The molecule has 1 aromatic heterocycles. The summed E-state index contributed by atoms with van der Waals surface area (Å²) in [5.41, 5.74) is 4.18. The Morgan fingerprint density at radius 2 is 1.55 bits per heavy atom. The van der Waals surface area contributed by atoms with Crippen LogP contribution in [0.4, 0.5) is 4.39 Å². The first-order valence-electron chi connectivity index (χ1n) is 12.7. The zero-order valence-corrected chi connectivity index (χ0v) is 22.6. The number of carboxylic acid groups (broad SMARTS) is 1. The van der Waals surface area contributed by atoms with Crippen molar-refractivity contribution in [2.24, 2.45) is 0 Å². The Labute approximate surface area is 239 Å². The van der Waals surface area contributed by atoms with Gasteiger partial charge in [-0.25, -0.2) is 9.18 Å². The van der Waals surface area contributed by atoms with Crippen LogP contribution in [0.5, 0.6) is 0 Å². The Morgan fingerprint density at radius 1 is 0.875 bits per heavy atom. The molecule has 1 fully saturated rings. The maximum atomic E-state index is 14.0. The number of rotatable bonds is 7. The smallest absolute Gasteiger partial charge is 0.335 e. The zero-order chi connectivity index (χ0) is 28.0. The first-order chi connectivity index (χ1) is 19.2. The molecule has 8 heteroatoms. The van der Waals surface area contributed by atoms with Gasteiger partial charge in [0.1, 0.15) is 5.82 Å². The fourth-order valence-corrected chi connectivity index (χ4v) is 5.76. The molecule has 5 aromatic rings. The highest BCUT2D eigenvalue weighted by Crippen LogP contribution is 2.46. The van der Waals surface area contributed by atoms with Gasteiger partial charge in [-0.3, -0.25) is 4.79 Å². The number of carbonyl (C=O) groups excluding carboxylic acids is 1. The molecule has 6 rings (SSSR count). The molecule has 0 aliphatic heterocycles. The van der Waals surface area contributed by atoms with Gasteiger partial charge in [0.25, 0.3) is 5.91 Å². The number of hydrogen-bond acceptors (Lipinski definition) is 2. The predicted octanol–water partition coefficient (Wildman–Crippen LogP) is 7.92. The molecule has 0 unspecified atom stereocenters. The van der Waals surface area contributed by atoms with Crippen molar-refractivity contribution in [3.8, 4) is 11.1 Å². The molecule has 200 valence electrons. The highest BCUT2D eigenvalue weighted by atomic mass is 35.5. The van der Waals surface area contributed by atoms with Gasteiger partial charge in [-0.05, 0) is 95.8 Å². The van der Waals surface area contributed by atoms with Crippen LogP contribution < -0.4 is 5.32 Å². The molecule has 2 N–H and O–H groups in total. The van der Waals surface area contributed by atoms with Crippen molar-refractivity contribution in [3.05, 3.63) is 129 Å². The molecule has 5 nitrogen and oxygen atoms in total. The number of carboxylic acids is 1. The van der Waals surface area contributed by atoms with Crippen molar-refractivity contribution in [1.82, 2.24) is 9.88 Å². The van der Waals surface area contributed by atoms with Gasteiger partial charge in [0, 0.05) is 28.2 Å². The number of fused-ring (bicyclic) bond motifs is 1. The van der Waals surface area contributed by atoms with Crippen molar-refractivity contribution in [2.75, 3.05) is 0 Å². The lowest BCUT2D eigenvalue weighted by molar-refractivity contribution is 0.0696. The first-order valence-corrected chi connectivity index (χ1v) is 13.5. The summed E-state index contributed by atoms with van der Waals surface area (Å²) in [6.07, 6.45) is 3.41. The van der Waals surface area contributed by atoms with Crippen molar-refractivity contribution in [3.63, 3.8) is 0 Å². The molecule has 1 aliphatic carbocycles. The number of hydrogen-bond donors (Lipinski definition) is 2. The Kier molecular flexibility index (Phi) is 6.61. The predicted molar refractivity (Wildman–Crippen MR) is 155 cm³/mol. The quantitative estimate of drug-likeness (QED) is 0.208. The topological polar surface area (TPSA) is 71.3 Å². The summed E-state index contributed by atoms with van der Waals surface area (Å²) in [6, 6.07) is 23.9. The normalized spacial score (nSPS) is 13.8. The second-order valence-corrected chi connectivity index (χ2v) is 11.0. The highest BCUT2D eigenvalue weighted by molar-refractivity contribution is 6.34. The Balaban J connectivity index is 1.42. The van der Waals surface area contributed by atoms with Crippen molar-refractivity contribution >= 4 is 46.0 Å². The minimum absolute atomic E-state index is 0.193. The first kappa shape index (κ1) is 26.1. The number of nitrogens with zero attached hydrogens (tertiary/aromatic N) is 1. The molecule has 0 spiro atoms. The molecule has 4 aromatic carbocycles. The largest absolute Gasteiger partial charge is 0.478 e. The van der Waals surface area contributed by atoms with Crippen LogP contribution in [0.25, 0.3) is 22.0 Å². The van der Waals surface area contributed by atoms with E-state index in [0.717, 1.165) is 46.0 Å². The van der Waals surface area contributed by atoms with Crippen LogP contribution in [-0.2, 0) is 12.1 Å². The average molecular weight is 573 g/mol. The number of carbonyl (C=O) groups is 2. The van der Waals surface area contributed by atoms with Crippen LogP contribution in [0.15, 0.2) is 91.1 Å². The Morgan fingerprint density at radius 3 is 2.17 bits per heavy atom. The minimum Gasteiger partial charge on any atom is -0.478 e. The molecule has 0 atom stereocenters. The van der Waals surface area contributed by atoms with E-state index in [1.807, 2.05) is 41.1 Å². The van der Waals surface area contributed by atoms with Crippen molar-refractivity contribution in [1.29, 1.82) is 0 Å². The molecular weight excluding hydrogens is 550 g/mol. The van der Waals surface area contributed by atoms with Gasteiger partial charge in [-0.2, -0.15) is 0 Å². The summed E-state index contributed by atoms with van der Waals surface area (Å²) < 4.78 is 15.6. The van der Waals surface area contributed by atoms with E-state index in [4.69, 9.17) is 23.2 Å². The maximum Gasteiger partial charge on any atom is 0.335 e. The third-order valence-corrected chi connectivity index (χ3v) is 7.78. The molecule has 1 heterocycles. The van der Waals surface area contributed by atoms with E-state index in [-0.39, 0.29) is 17.3 Å². The lowest BCUT2D eigenvalue weighted by Crippen LogP contribution is -2.35. The number of amides is 1. The van der Waals surface area contributed by atoms with Gasteiger partial charge in [-0.1, -0.05) is 47.5 Å². The van der Waals surface area contributed by atoms with E-state index in [9.17, 15) is 19.1 Å². The third-order valence-electron chi connectivity index (χ3n) is 7.35. The lowest BCUT2D eigenvalue weighted by Gasteiger charge is -2.20. The van der Waals surface area contributed by atoms with Gasteiger partial charge in [0.2, 0.25) is 0 Å². The summed E-state index contributed by atoms with van der Waals surface area (Å²) in [6.45, 7) is 0.446. The van der Waals surface area contributed by atoms with E-state index in [2.05, 4.69) is 5.32 Å². The molecular formula is C32H23Cl2FN2O3. The fourth-order valence-electron chi connectivity index (χ4n) is 5.19. The molecule has 1 amide bonds. The molecule has 1 saturated carbocycles. The second-order valence-electron chi connectivity index (χ2n) is 10.1. The maximum absolute atomic E-state index is 14.0. The van der Waals surface area contributed by atoms with Gasteiger partial charge in [0.05, 0.1) is 22.2 Å². The molecule has 1 aliphatic rings. The summed E-state index contributed by atoms with van der Waals surface area (Å²) in [5.74, 6) is -1.58. The monoisotopic (exact) mass is 572 g/mol. The van der Waals surface area contributed by atoms with Crippen LogP contribution >= 0.6 is 23.2 Å². The van der Waals surface area contributed by atoms with Gasteiger partial charge in [-0.15, -0.1) is 0 Å². The van der Waals surface area contributed by atoms with Crippen LogP contribution in [0.2, 0.25) is 10.0 Å². The molecule has 0 radical (unpaired) electrons. The zero-order valence-electron chi connectivity index (χ0n) is 21.1. The van der Waals surface area contributed by atoms with E-state index in [1.54, 1.807) is 42.5 Å². The van der Waals surface area contributed by atoms with Crippen LogP contribution in [0, 0.1) is 5.82 Å². The lowest BCUT2D eigenvalue weighted by atomic mass is 9.98. The van der Waals surface area contributed by atoms with Crippen LogP contribution in [0.3, 0.4) is 0 Å². The Hall–Kier alpha value is -4.13. The summed E-state index contributed by atoms with van der Waals surface area (Å²) >= 11 is 12.5. The minimum atomic E-state index is -0.998. The number of aromatic nitrogens is 1. The van der Waals surface area contributed by atoms with Gasteiger partial charge < -0.3 is 15.0 Å². The fraction of sp³-hybridized carbons (Fsp3) is 0.125. The van der Waals surface area contributed by atoms with E-state index in [1.165, 1.54) is 12.1 Å². The Bertz CT molecular complexity index is 1760. The summed E-state index contributed by atoms with van der Waals surface area (Å²) in [7, 11) is 0. The van der Waals surface area contributed by atoms with E-state index >= 15 is 0 Å².